The van der Waals surface area contributed by atoms with Gasteiger partial charge in [0, 0.05) is 19.7 Å². The van der Waals surface area contributed by atoms with Crippen LogP contribution in [0.5, 0.6) is 0 Å². The van der Waals surface area contributed by atoms with Crippen LogP contribution in [0, 0.1) is 0 Å². The fourth-order valence-electron chi connectivity index (χ4n) is 1.73. The topological polar surface area (TPSA) is 33.5 Å². The predicted molar refractivity (Wildman–Crippen MR) is 71.5 cm³/mol. The zero-order valence-electron chi connectivity index (χ0n) is 10.9. The van der Waals surface area contributed by atoms with Gasteiger partial charge in [-0.1, -0.05) is 31.2 Å². The second kappa shape index (κ2) is 5.08. The highest BCUT2D eigenvalue weighted by molar-refractivity contribution is 5.91. The molecule has 94 valence electrons. The number of amides is 1. The third kappa shape index (κ3) is 2.45. The summed E-state index contributed by atoms with van der Waals surface area (Å²) in [6.07, 6.45) is 1.02. The summed E-state index contributed by atoms with van der Waals surface area (Å²) in [5, 5.41) is 0. The van der Waals surface area contributed by atoms with Gasteiger partial charge in [0.2, 0.25) is 0 Å². The van der Waals surface area contributed by atoms with Gasteiger partial charge in [0.25, 0.3) is 5.91 Å². The number of carbonyl (C=O) groups is 1. The van der Waals surface area contributed by atoms with E-state index in [0.717, 1.165) is 17.7 Å². The lowest BCUT2D eigenvalue weighted by Crippen LogP contribution is -2.20. The molecule has 18 heavy (non-hydrogen) atoms. The monoisotopic (exact) mass is 243 g/mol. The molecule has 0 saturated heterocycles. The quantitative estimate of drug-likeness (QED) is 0.829. The summed E-state index contributed by atoms with van der Waals surface area (Å²) in [7, 11) is 3.42. The molecular formula is C15H17NO2. The van der Waals surface area contributed by atoms with E-state index in [1.165, 1.54) is 10.5 Å². The Kier molecular flexibility index (Phi) is 3.51. The van der Waals surface area contributed by atoms with Crippen LogP contribution in [0.15, 0.2) is 40.8 Å². The van der Waals surface area contributed by atoms with Crippen molar-refractivity contribution in [3.05, 3.63) is 47.7 Å². The average molecular weight is 243 g/mol. The van der Waals surface area contributed by atoms with E-state index in [1.807, 2.05) is 18.2 Å². The van der Waals surface area contributed by atoms with Crippen LogP contribution in [-0.2, 0) is 6.42 Å². The first-order chi connectivity index (χ1) is 8.61. The normalized spacial score (nSPS) is 10.4. The third-order valence-electron chi connectivity index (χ3n) is 2.87. The van der Waals surface area contributed by atoms with Crippen molar-refractivity contribution in [1.29, 1.82) is 0 Å². The lowest BCUT2D eigenvalue weighted by atomic mass is 10.1. The van der Waals surface area contributed by atoms with Gasteiger partial charge in [-0.05, 0) is 24.1 Å². The van der Waals surface area contributed by atoms with Crippen LogP contribution < -0.4 is 0 Å². The first kappa shape index (κ1) is 12.4. The second-order valence-electron chi connectivity index (χ2n) is 4.41. The van der Waals surface area contributed by atoms with Crippen molar-refractivity contribution in [3.63, 3.8) is 0 Å². The maximum absolute atomic E-state index is 11.7. The van der Waals surface area contributed by atoms with Gasteiger partial charge in [-0.15, -0.1) is 0 Å². The fraction of sp³-hybridized carbons (Fsp3) is 0.267. The minimum Gasteiger partial charge on any atom is -0.451 e. The molecule has 1 aromatic carbocycles. The summed E-state index contributed by atoms with van der Waals surface area (Å²) >= 11 is 0. The Morgan fingerprint density at radius 1 is 1.11 bits per heavy atom. The molecule has 1 amide bonds. The van der Waals surface area contributed by atoms with Crippen LogP contribution in [0.2, 0.25) is 0 Å². The van der Waals surface area contributed by atoms with Crippen molar-refractivity contribution in [2.45, 2.75) is 13.3 Å². The number of carbonyl (C=O) groups excluding carboxylic acids is 1. The highest BCUT2D eigenvalue weighted by atomic mass is 16.4. The van der Waals surface area contributed by atoms with Gasteiger partial charge < -0.3 is 9.32 Å². The molecule has 0 atom stereocenters. The van der Waals surface area contributed by atoms with Crippen LogP contribution in [0.1, 0.15) is 23.0 Å². The maximum Gasteiger partial charge on any atom is 0.289 e. The lowest BCUT2D eigenvalue weighted by molar-refractivity contribution is 0.0797. The molecule has 1 aromatic heterocycles. The number of hydrogen-bond acceptors (Lipinski definition) is 2. The Morgan fingerprint density at radius 3 is 2.33 bits per heavy atom. The summed E-state index contributed by atoms with van der Waals surface area (Å²) in [6, 6.07) is 11.7. The van der Waals surface area contributed by atoms with Crippen molar-refractivity contribution in [1.82, 2.24) is 4.90 Å². The molecule has 0 N–H and O–H groups in total. The second-order valence-corrected chi connectivity index (χ2v) is 4.41. The summed E-state index contributed by atoms with van der Waals surface area (Å²) in [5.41, 5.74) is 2.28. The Hall–Kier alpha value is -2.03. The van der Waals surface area contributed by atoms with Crippen molar-refractivity contribution in [2.24, 2.45) is 0 Å². The number of rotatable bonds is 3. The van der Waals surface area contributed by atoms with E-state index in [9.17, 15) is 4.79 Å². The van der Waals surface area contributed by atoms with Gasteiger partial charge in [0.05, 0.1) is 0 Å². The molecule has 2 rings (SSSR count). The standard InChI is InChI=1S/C15H17NO2/c1-4-11-5-7-12(8-6-11)13-9-10-14(18-13)15(17)16(2)3/h5-10H,4H2,1-3H3. The number of hydrogen-bond donors (Lipinski definition) is 0. The first-order valence-corrected chi connectivity index (χ1v) is 6.02. The molecule has 0 aliphatic carbocycles. The van der Waals surface area contributed by atoms with Gasteiger partial charge in [0.1, 0.15) is 5.76 Å². The highest BCUT2D eigenvalue weighted by Crippen LogP contribution is 2.23. The zero-order valence-corrected chi connectivity index (χ0v) is 10.9. The minimum absolute atomic E-state index is 0.119. The molecule has 0 saturated carbocycles. The molecule has 3 heteroatoms. The van der Waals surface area contributed by atoms with Crippen LogP contribution in [0.3, 0.4) is 0 Å². The lowest BCUT2D eigenvalue weighted by Gasteiger charge is -2.06. The van der Waals surface area contributed by atoms with Crippen molar-refractivity contribution in [2.75, 3.05) is 14.1 Å². The average Bonchev–Trinajstić information content (AvgIpc) is 2.87. The maximum atomic E-state index is 11.7. The molecule has 0 spiro atoms. The van der Waals surface area contributed by atoms with E-state index in [-0.39, 0.29) is 5.91 Å². The molecule has 0 fully saturated rings. The molecule has 0 aliphatic rings. The molecule has 0 aliphatic heterocycles. The fourth-order valence-corrected chi connectivity index (χ4v) is 1.73. The van der Waals surface area contributed by atoms with E-state index in [4.69, 9.17) is 4.42 Å². The summed E-state index contributed by atoms with van der Waals surface area (Å²) in [6.45, 7) is 2.12. The summed E-state index contributed by atoms with van der Waals surface area (Å²) < 4.78 is 5.58. The Morgan fingerprint density at radius 2 is 1.78 bits per heavy atom. The van der Waals surface area contributed by atoms with Crippen molar-refractivity contribution >= 4 is 5.91 Å². The van der Waals surface area contributed by atoms with Crippen LogP contribution in [0.4, 0.5) is 0 Å². The number of benzene rings is 1. The van der Waals surface area contributed by atoms with E-state index >= 15 is 0 Å². The largest absolute Gasteiger partial charge is 0.451 e. The number of furan rings is 1. The minimum atomic E-state index is -0.119. The van der Waals surface area contributed by atoms with Gasteiger partial charge in [-0.2, -0.15) is 0 Å². The molecular weight excluding hydrogens is 226 g/mol. The van der Waals surface area contributed by atoms with Crippen LogP contribution >= 0.6 is 0 Å². The Balaban J connectivity index is 2.26. The molecule has 0 radical (unpaired) electrons. The van der Waals surface area contributed by atoms with E-state index in [1.54, 1.807) is 20.2 Å². The van der Waals surface area contributed by atoms with Crippen molar-refractivity contribution in [3.8, 4) is 11.3 Å². The zero-order chi connectivity index (χ0) is 13.1. The van der Waals surface area contributed by atoms with Crippen LogP contribution in [-0.4, -0.2) is 24.9 Å². The van der Waals surface area contributed by atoms with Crippen LogP contribution in [0.25, 0.3) is 11.3 Å². The van der Waals surface area contributed by atoms with Gasteiger partial charge in [-0.25, -0.2) is 0 Å². The van der Waals surface area contributed by atoms with E-state index in [0.29, 0.717) is 5.76 Å². The molecule has 3 nitrogen and oxygen atoms in total. The van der Waals surface area contributed by atoms with Crippen molar-refractivity contribution < 1.29 is 9.21 Å². The van der Waals surface area contributed by atoms with E-state index in [2.05, 4.69) is 19.1 Å². The number of nitrogens with zero attached hydrogens (tertiary/aromatic N) is 1. The highest BCUT2D eigenvalue weighted by Gasteiger charge is 2.13. The third-order valence-corrected chi connectivity index (χ3v) is 2.87. The first-order valence-electron chi connectivity index (χ1n) is 6.02. The van der Waals surface area contributed by atoms with Gasteiger partial charge >= 0.3 is 0 Å². The van der Waals surface area contributed by atoms with E-state index < -0.39 is 0 Å². The molecule has 0 bridgehead atoms. The predicted octanol–water partition coefficient (Wildman–Crippen LogP) is 3.21. The summed E-state index contributed by atoms with van der Waals surface area (Å²) in [4.78, 5) is 13.2. The molecule has 0 unspecified atom stereocenters. The smallest absolute Gasteiger partial charge is 0.289 e. The summed E-state index contributed by atoms with van der Waals surface area (Å²) in [5.74, 6) is 0.976. The van der Waals surface area contributed by atoms with Gasteiger partial charge in [0.15, 0.2) is 5.76 Å². The Labute approximate surface area is 107 Å². The molecule has 1 heterocycles. The number of aryl methyl sites for hydroxylation is 1. The SMILES string of the molecule is CCc1ccc(-c2ccc(C(=O)N(C)C)o2)cc1. The van der Waals surface area contributed by atoms with Gasteiger partial charge in [-0.3, -0.25) is 4.79 Å². The molecule has 2 aromatic rings. The Bertz CT molecular complexity index is 538.